The van der Waals surface area contributed by atoms with Crippen molar-refractivity contribution >= 4 is 33.8 Å². The first kappa shape index (κ1) is 18.9. The Hall–Kier alpha value is -2.40. The van der Waals surface area contributed by atoms with Crippen molar-refractivity contribution in [2.45, 2.75) is 26.3 Å². The lowest BCUT2D eigenvalue weighted by atomic mass is 10.1. The van der Waals surface area contributed by atoms with Crippen molar-refractivity contribution in [3.8, 4) is 0 Å². The van der Waals surface area contributed by atoms with E-state index < -0.39 is 5.54 Å². The molecule has 0 spiro atoms. The first-order valence-corrected chi connectivity index (χ1v) is 8.66. The molecule has 0 aliphatic rings. The molecular formula is C20H21BrN2O2. The van der Waals surface area contributed by atoms with Crippen LogP contribution in [0.4, 0.5) is 0 Å². The SMILES string of the molecule is C=Cc1ccc(C(=O)N(NC(=O)c2ccccc2Br)C(C)(C)C)cc1. The highest BCUT2D eigenvalue weighted by Crippen LogP contribution is 2.19. The molecular weight excluding hydrogens is 380 g/mol. The highest BCUT2D eigenvalue weighted by molar-refractivity contribution is 9.10. The van der Waals surface area contributed by atoms with E-state index in [2.05, 4.69) is 27.9 Å². The average Bonchev–Trinajstić information content (AvgIpc) is 2.58. The third-order valence-corrected chi connectivity index (χ3v) is 4.29. The molecule has 1 N–H and O–H groups in total. The normalized spacial score (nSPS) is 10.9. The summed E-state index contributed by atoms with van der Waals surface area (Å²) in [4.78, 5) is 25.5. The fraction of sp³-hybridized carbons (Fsp3) is 0.200. The lowest BCUT2D eigenvalue weighted by Crippen LogP contribution is -2.55. The Morgan fingerprint density at radius 3 is 2.20 bits per heavy atom. The molecule has 25 heavy (non-hydrogen) atoms. The van der Waals surface area contributed by atoms with Gasteiger partial charge in [0.1, 0.15) is 0 Å². The van der Waals surface area contributed by atoms with E-state index in [9.17, 15) is 9.59 Å². The molecule has 0 aliphatic heterocycles. The lowest BCUT2D eigenvalue weighted by Gasteiger charge is -2.35. The quantitative estimate of drug-likeness (QED) is 0.760. The number of hydrogen-bond donors (Lipinski definition) is 1. The van der Waals surface area contributed by atoms with Crippen LogP contribution >= 0.6 is 15.9 Å². The summed E-state index contributed by atoms with van der Waals surface area (Å²) in [5.41, 5.74) is 4.03. The second-order valence-corrected chi connectivity index (χ2v) is 7.41. The molecule has 0 fully saturated rings. The predicted molar refractivity (Wildman–Crippen MR) is 104 cm³/mol. The van der Waals surface area contributed by atoms with Crippen LogP contribution in [-0.4, -0.2) is 22.4 Å². The zero-order valence-corrected chi connectivity index (χ0v) is 16.1. The first-order valence-electron chi connectivity index (χ1n) is 7.86. The van der Waals surface area contributed by atoms with E-state index in [1.807, 2.05) is 39.0 Å². The number of hydrazine groups is 1. The van der Waals surface area contributed by atoms with Crippen LogP contribution in [0.2, 0.25) is 0 Å². The molecule has 2 aromatic carbocycles. The van der Waals surface area contributed by atoms with Gasteiger partial charge in [0.05, 0.1) is 11.1 Å². The molecule has 0 radical (unpaired) electrons. The molecule has 0 aliphatic carbocycles. The summed E-state index contributed by atoms with van der Waals surface area (Å²) in [6.45, 7) is 9.30. The van der Waals surface area contributed by atoms with Crippen LogP contribution in [0, 0.1) is 0 Å². The van der Waals surface area contributed by atoms with Crippen molar-refractivity contribution in [3.05, 3.63) is 76.3 Å². The van der Waals surface area contributed by atoms with Crippen molar-refractivity contribution in [2.24, 2.45) is 0 Å². The number of rotatable bonds is 3. The maximum atomic E-state index is 12.9. The summed E-state index contributed by atoms with van der Waals surface area (Å²) in [7, 11) is 0. The molecule has 130 valence electrons. The van der Waals surface area contributed by atoms with Gasteiger partial charge in [-0.3, -0.25) is 15.0 Å². The van der Waals surface area contributed by atoms with E-state index in [-0.39, 0.29) is 11.8 Å². The number of carbonyl (C=O) groups excluding carboxylic acids is 2. The first-order chi connectivity index (χ1) is 11.7. The zero-order chi connectivity index (χ0) is 18.6. The highest BCUT2D eigenvalue weighted by Gasteiger charge is 2.29. The monoisotopic (exact) mass is 400 g/mol. The zero-order valence-electron chi connectivity index (χ0n) is 14.5. The maximum Gasteiger partial charge on any atom is 0.272 e. The average molecular weight is 401 g/mol. The van der Waals surface area contributed by atoms with E-state index >= 15 is 0 Å². The van der Waals surface area contributed by atoms with Crippen LogP contribution < -0.4 is 5.43 Å². The molecule has 2 amide bonds. The Morgan fingerprint density at radius 1 is 1.08 bits per heavy atom. The minimum atomic E-state index is -0.592. The molecule has 2 aromatic rings. The second-order valence-electron chi connectivity index (χ2n) is 6.56. The van der Waals surface area contributed by atoms with Gasteiger partial charge < -0.3 is 0 Å². The smallest absolute Gasteiger partial charge is 0.267 e. The third kappa shape index (κ3) is 4.57. The minimum Gasteiger partial charge on any atom is -0.267 e. The molecule has 0 aromatic heterocycles. The summed E-state index contributed by atoms with van der Waals surface area (Å²) < 4.78 is 0.671. The van der Waals surface area contributed by atoms with E-state index in [0.29, 0.717) is 15.6 Å². The van der Waals surface area contributed by atoms with Gasteiger partial charge in [-0.15, -0.1) is 0 Å². The fourth-order valence-corrected chi connectivity index (χ4v) is 2.69. The van der Waals surface area contributed by atoms with Crippen molar-refractivity contribution in [3.63, 3.8) is 0 Å². The topological polar surface area (TPSA) is 49.4 Å². The lowest BCUT2D eigenvalue weighted by molar-refractivity contribution is 0.0358. The molecule has 4 nitrogen and oxygen atoms in total. The molecule has 0 heterocycles. The van der Waals surface area contributed by atoms with Crippen molar-refractivity contribution in [2.75, 3.05) is 0 Å². The van der Waals surface area contributed by atoms with Gasteiger partial charge in [0.25, 0.3) is 11.8 Å². The molecule has 5 heteroatoms. The Labute approximate surface area is 156 Å². The van der Waals surface area contributed by atoms with Crippen LogP contribution in [0.1, 0.15) is 47.1 Å². The molecule has 0 unspecified atom stereocenters. The molecule has 0 atom stereocenters. The van der Waals surface area contributed by atoms with Crippen molar-refractivity contribution < 1.29 is 9.59 Å². The van der Waals surface area contributed by atoms with Crippen LogP contribution in [0.3, 0.4) is 0 Å². The number of nitrogens with one attached hydrogen (secondary N) is 1. The Bertz CT molecular complexity index is 792. The van der Waals surface area contributed by atoms with E-state index in [1.54, 1.807) is 36.4 Å². The van der Waals surface area contributed by atoms with Gasteiger partial charge in [-0.2, -0.15) is 0 Å². The van der Waals surface area contributed by atoms with Gasteiger partial charge in [-0.25, -0.2) is 5.01 Å². The van der Waals surface area contributed by atoms with Crippen LogP contribution in [0.5, 0.6) is 0 Å². The molecule has 0 saturated carbocycles. The number of amides is 2. The van der Waals surface area contributed by atoms with Gasteiger partial charge in [0.15, 0.2) is 0 Å². The van der Waals surface area contributed by atoms with Crippen molar-refractivity contribution in [1.29, 1.82) is 0 Å². The summed E-state index contributed by atoms with van der Waals surface area (Å²) in [5, 5.41) is 1.36. The number of hydrogen-bond acceptors (Lipinski definition) is 2. The Kier molecular flexibility index (Phi) is 5.80. The largest absolute Gasteiger partial charge is 0.272 e. The van der Waals surface area contributed by atoms with Crippen LogP contribution in [-0.2, 0) is 0 Å². The number of nitrogens with zero attached hydrogens (tertiary/aromatic N) is 1. The molecule has 0 saturated heterocycles. The van der Waals surface area contributed by atoms with Gasteiger partial charge in [0.2, 0.25) is 0 Å². The maximum absolute atomic E-state index is 12.9. The van der Waals surface area contributed by atoms with Crippen LogP contribution in [0.15, 0.2) is 59.6 Å². The van der Waals surface area contributed by atoms with Crippen molar-refractivity contribution in [1.82, 2.24) is 10.4 Å². The Morgan fingerprint density at radius 2 is 1.68 bits per heavy atom. The minimum absolute atomic E-state index is 0.275. The Balaban J connectivity index is 2.30. The van der Waals surface area contributed by atoms with Gasteiger partial charge in [-0.05, 0) is 66.5 Å². The number of halogens is 1. The number of carbonyl (C=O) groups is 2. The summed E-state index contributed by atoms with van der Waals surface area (Å²) >= 11 is 3.36. The standard InChI is InChI=1S/C20H21BrN2O2/c1-5-14-10-12-15(13-11-14)19(25)23(20(2,3)4)22-18(24)16-8-6-7-9-17(16)21/h5-13H,1H2,2-4H3,(H,22,24). The van der Waals surface area contributed by atoms with Gasteiger partial charge in [0, 0.05) is 10.0 Å². The van der Waals surface area contributed by atoms with E-state index in [4.69, 9.17) is 0 Å². The third-order valence-electron chi connectivity index (χ3n) is 3.60. The fourth-order valence-electron chi connectivity index (χ4n) is 2.22. The second kappa shape index (κ2) is 7.66. The summed E-state index contributed by atoms with van der Waals surface area (Å²) in [6, 6.07) is 14.2. The number of benzene rings is 2. The van der Waals surface area contributed by atoms with Gasteiger partial charge >= 0.3 is 0 Å². The van der Waals surface area contributed by atoms with Crippen LogP contribution in [0.25, 0.3) is 6.08 Å². The molecule has 2 rings (SSSR count). The molecule has 0 bridgehead atoms. The predicted octanol–water partition coefficient (Wildman–Crippen LogP) is 4.68. The highest BCUT2D eigenvalue weighted by atomic mass is 79.9. The summed E-state index contributed by atoms with van der Waals surface area (Å²) in [5.74, 6) is -0.623. The van der Waals surface area contributed by atoms with E-state index in [1.165, 1.54) is 5.01 Å². The van der Waals surface area contributed by atoms with Gasteiger partial charge in [-0.1, -0.05) is 36.9 Å². The van der Waals surface area contributed by atoms with E-state index in [0.717, 1.165) is 5.56 Å². The summed E-state index contributed by atoms with van der Waals surface area (Å²) in [6.07, 6.45) is 1.71.